The van der Waals surface area contributed by atoms with Crippen molar-refractivity contribution in [2.45, 2.75) is 20.3 Å². The Kier molecular flexibility index (Phi) is 4.63. The summed E-state index contributed by atoms with van der Waals surface area (Å²) in [6.07, 6.45) is 0.409. The SMILES string of the molecule is CC(C)C(Cc1cccc(Cl)c1Cl)C(=O)O. The van der Waals surface area contributed by atoms with Crippen LogP contribution < -0.4 is 0 Å². The van der Waals surface area contributed by atoms with Crippen LogP contribution in [0.15, 0.2) is 18.2 Å². The van der Waals surface area contributed by atoms with Crippen molar-refractivity contribution in [1.82, 2.24) is 0 Å². The van der Waals surface area contributed by atoms with Crippen molar-refractivity contribution in [1.29, 1.82) is 0 Å². The van der Waals surface area contributed by atoms with Gasteiger partial charge in [-0.1, -0.05) is 49.2 Å². The van der Waals surface area contributed by atoms with Crippen LogP contribution in [0.3, 0.4) is 0 Å². The Labute approximate surface area is 105 Å². The van der Waals surface area contributed by atoms with E-state index in [2.05, 4.69) is 0 Å². The molecule has 0 aliphatic rings. The minimum atomic E-state index is -0.800. The van der Waals surface area contributed by atoms with Gasteiger partial charge in [-0.15, -0.1) is 0 Å². The van der Waals surface area contributed by atoms with Crippen molar-refractivity contribution < 1.29 is 9.90 Å². The van der Waals surface area contributed by atoms with Crippen LogP contribution >= 0.6 is 23.2 Å². The monoisotopic (exact) mass is 260 g/mol. The molecule has 0 aromatic heterocycles. The third-order valence-corrected chi connectivity index (χ3v) is 3.45. The summed E-state index contributed by atoms with van der Waals surface area (Å²) in [6, 6.07) is 5.29. The fourth-order valence-electron chi connectivity index (χ4n) is 1.55. The number of benzene rings is 1. The van der Waals surface area contributed by atoms with Gasteiger partial charge in [-0.05, 0) is 24.0 Å². The van der Waals surface area contributed by atoms with Gasteiger partial charge in [0.05, 0.1) is 16.0 Å². The zero-order chi connectivity index (χ0) is 12.3. The topological polar surface area (TPSA) is 37.3 Å². The van der Waals surface area contributed by atoms with Crippen LogP contribution in [0.4, 0.5) is 0 Å². The van der Waals surface area contributed by atoms with Crippen LogP contribution in [0.5, 0.6) is 0 Å². The van der Waals surface area contributed by atoms with Gasteiger partial charge in [0.2, 0.25) is 0 Å². The highest BCUT2D eigenvalue weighted by Crippen LogP contribution is 2.29. The van der Waals surface area contributed by atoms with Gasteiger partial charge in [0.15, 0.2) is 0 Å². The standard InChI is InChI=1S/C12H14Cl2O2/c1-7(2)9(12(15)16)6-8-4-3-5-10(13)11(8)14/h3-5,7,9H,6H2,1-2H3,(H,15,16). The molecule has 1 atom stereocenters. The van der Waals surface area contributed by atoms with Crippen molar-refractivity contribution in [3.05, 3.63) is 33.8 Å². The molecule has 0 bridgehead atoms. The highest BCUT2D eigenvalue weighted by atomic mass is 35.5. The molecule has 1 N–H and O–H groups in total. The van der Waals surface area contributed by atoms with Crippen molar-refractivity contribution in [3.8, 4) is 0 Å². The van der Waals surface area contributed by atoms with E-state index >= 15 is 0 Å². The average Bonchev–Trinajstić information content (AvgIpc) is 2.19. The summed E-state index contributed by atoms with van der Waals surface area (Å²) in [5.74, 6) is -1.17. The number of carbonyl (C=O) groups is 1. The molecule has 0 fully saturated rings. The van der Waals surface area contributed by atoms with Crippen LogP contribution in [-0.2, 0) is 11.2 Å². The molecule has 16 heavy (non-hydrogen) atoms. The fourth-order valence-corrected chi connectivity index (χ4v) is 1.95. The summed E-state index contributed by atoms with van der Waals surface area (Å²) in [4.78, 5) is 11.1. The van der Waals surface area contributed by atoms with E-state index in [9.17, 15) is 4.79 Å². The predicted octanol–water partition coefficient (Wildman–Crippen LogP) is 3.89. The van der Waals surface area contributed by atoms with Gasteiger partial charge in [-0.25, -0.2) is 0 Å². The predicted molar refractivity (Wildman–Crippen MR) is 66.1 cm³/mol. The number of halogens is 2. The first kappa shape index (κ1) is 13.3. The maximum absolute atomic E-state index is 11.1. The van der Waals surface area contributed by atoms with Crippen LogP contribution in [0.1, 0.15) is 19.4 Å². The molecular weight excluding hydrogens is 247 g/mol. The zero-order valence-electron chi connectivity index (χ0n) is 9.21. The normalized spacial score (nSPS) is 12.8. The van der Waals surface area contributed by atoms with Crippen LogP contribution in [0.25, 0.3) is 0 Å². The molecule has 0 heterocycles. The first-order valence-electron chi connectivity index (χ1n) is 5.09. The smallest absolute Gasteiger partial charge is 0.307 e. The van der Waals surface area contributed by atoms with Crippen molar-refractivity contribution in [3.63, 3.8) is 0 Å². The lowest BCUT2D eigenvalue weighted by molar-refractivity contribution is -0.143. The zero-order valence-corrected chi connectivity index (χ0v) is 10.7. The van der Waals surface area contributed by atoms with Gasteiger partial charge in [0, 0.05) is 0 Å². The molecule has 0 aliphatic heterocycles. The molecule has 0 amide bonds. The minimum Gasteiger partial charge on any atom is -0.481 e. The minimum absolute atomic E-state index is 0.0625. The molecule has 4 heteroatoms. The summed E-state index contributed by atoms with van der Waals surface area (Å²) in [7, 11) is 0. The molecule has 1 aromatic rings. The van der Waals surface area contributed by atoms with E-state index in [0.717, 1.165) is 5.56 Å². The van der Waals surface area contributed by atoms with Crippen molar-refractivity contribution in [2.24, 2.45) is 11.8 Å². The summed E-state index contributed by atoms with van der Waals surface area (Å²) in [6.45, 7) is 3.77. The second-order valence-corrected chi connectivity index (χ2v) is 4.89. The molecule has 0 radical (unpaired) electrons. The Bertz CT molecular complexity index is 389. The lowest BCUT2D eigenvalue weighted by Crippen LogP contribution is -2.22. The largest absolute Gasteiger partial charge is 0.481 e. The Morgan fingerprint density at radius 1 is 1.38 bits per heavy atom. The average molecular weight is 261 g/mol. The summed E-state index contributed by atoms with van der Waals surface area (Å²) in [5, 5.41) is 10.0. The molecule has 2 nitrogen and oxygen atoms in total. The maximum Gasteiger partial charge on any atom is 0.307 e. The van der Waals surface area contributed by atoms with Crippen LogP contribution in [0.2, 0.25) is 10.0 Å². The second-order valence-electron chi connectivity index (χ2n) is 4.11. The molecule has 0 saturated carbocycles. The molecule has 1 aromatic carbocycles. The van der Waals surface area contributed by atoms with Gasteiger partial charge in [0.1, 0.15) is 0 Å². The Morgan fingerprint density at radius 3 is 2.50 bits per heavy atom. The third kappa shape index (κ3) is 3.13. The van der Waals surface area contributed by atoms with E-state index in [4.69, 9.17) is 28.3 Å². The van der Waals surface area contributed by atoms with Gasteiger partial charge < -0.3 is 5.11 Å². The Hall–Kier alpha value is -0.730. The van der Waals surface area contributed by atoms with E-state index in [1.807, 2.05) is 19.9 Å². The quantitative estimate of drug-likeness (QED) is 0.892. The van der Waals surface area contributed by atoms with Gasteiger partial charge in [0.25, 0.3) is 0 Å². The van der Waals surface area contributed by atoms with Gasteiger partial charge in [-0.3, -0.25) is 4.79 Å². The number of carboxylic acids is 1. The second kappa shape index (κ2) is 5.55. The molecule has 0 spiro atoms. The number of hydrogen-bond acceptors (Lipinski definition) is 1. The highest BCUT2D eigenvalue weighted by molar-refractivity contribution is 6.42. The molecule has 0 saturated heterocycles. The third-order valence-electron chi connectivity index (χ3n) is 2.59. The van der Waals surface area contributed by atoms with Gasteiger partial charge >= 0.3 is 5.97 Å². The van der Waals surface area contributed by atoms with Crippen molar-refractivity contribution >= 4 is 29.2 Å². The number of aliphatic carboxylic acids is 1. The molecule has 1 unspecified atom stereocenters. The van der Waals surface area contributed by atoms with E-state index in [1.54, 1.807) is 12.1 Å². The first-order valence-corrected chi connectivity index (χ1v) is 5.84. The van der Waals surface area contributed by atoms with Crippen LogP contribution in [-0.4, -0.2) is 11.1 Å². The first-order chi connectivity index (χ1) is 7.43. The molecule has 88 valence electrons. The van der Waals surface area contributed by atoms with Crippen molar-refractivity contribution in [2.75, 3.05) is 0 Å². The van der Waals surface area contributed by atoms with E-state index in [1.165, 1.54) is 0 Å². The number of rotatable bonds is 4. The highest BCUT2D eigenvalue weighted by Gasteiger charge is 2.23. The summed E-state index contributed by atoms with van der Waals surface area (Å²) in [5.41, 5.74) is 0.787. The molecule has 1 rings (SSSR count). The molecular formula is C12H14Cl2O2. The fraction of sp³-hybridized carbons (Fsp3) is 0.417. The molecule has 0 aliphatic carbocycles. The summed E-state index contributed by atoms with van der Waals surface area (Å²) >= 11 is 11.9. The maximum atomic E-state index is 11.1. The Balaban J connectivity index is 2.94. The number of carboxylic acid groups (broad SMARTS) is 1. The van der Waals surface area contributed by atoms with Gasteiger partial charge in [-0.2, -0.15) is 0 Å². The van der Waals surface area contributed by atoms with Crippen LogP contribution in [0, 0.1) is 11.8 Å². The number of hydrogen-bond donors (Lipinski definition) is 1. The van der Waals surface area contributed by atoms with E-state index in [-0.39, 0.29) is 5.92 Å². The summed E-state index contributed by atoms with van der Waals surface area (Å²) < 4.78 is 0. The van der Waals surface area contributed by atoms with E-state index in [0.29, 0.717) is 16.5 Å². The lowest BCUT2D eigenvalue weighted by atomic mass is 9.89. The Morgan fingerprint density at radius 2 is 2.00 bits per heavy atom. The lowest BCUT2D eigenvalue weighted by Gasteiger charge is -2.17. The van der Waals surface area contributed by atoms with E-state index < -0.39 is 11.9 Å².